The molecule has 8 heteroatoms. The lowest BCUT2D eigenvalue weighted by molar-refractivity contribution is -0.113. The van der Waals surface area contributed by atoms with Gasteiger partial charge in [-0.1, -0.05) is 12.1 Å². The highest BCUT2D eigenvalue weighted by atomic mass is 32.2. The van der Waals surface area contributed by atoms with Crippen molar-refractivity contribution in [2.45, 2.75) is 10.9 Å². The molecule has 1 atom stereocenters. The molecule has 1 aliphatic heterocycles. The van der Waals surface area contributed by atoms with Crippen LogP contribution in [0.25, 0.3) is 0 Å². The van der Waals surface area contributed by atoms with Gasteiger partial charge in [0.1, 0.15) is 17.7 Å². The summed E-state index contributed by atoms with van der Waals surface area (Å²) in [6, 6.07) is 10.6. The number of carbonyl (C=O) groups excluding carboxylic acids is 2. The molecule has 6 nitrogen and oxygen atoms in total. The van der Waals surface area contributed by atoms with Crippen LogP contribution in [0.3, 0.4) is 0 Å². The Hall–Kier alpha value is -3.13. The predicted octanol–water partition coefficient (Wildman–Crippen LogP) is 3.12. The van der Waals surface area contributed by atoms with Gasteiger partial charge in [0.25, 0.3) is 5.91 Å². The van der Waals surface area contributed by atoms with E-state index in [9.17, 15) is 14.0 Å². The van der Waals surface area contributed by atoms with Gasteiger partial charge >= 0.3 is 0 Å². The third-order valence-electron chi connectivity index (χ3n) is 4.47. The number of amides is 2. The number of rotatable bonds is 4. The molecule has 0 saturated heterocycles. The van der Waals surface area contributed by atoms with Gasteiger partial charge in [-0.05, 0) is 35.9 Å². The van der Waals surface area contributed by atoms with Crippen LogP contribution >= 0.6 is 11.8 Å². The van der Waals surface area contributed by atoms with Crippen molar-refractivity contribution >= 4 is 29.3 Å². The molecule has 1 aliphatic rings. The van der Waals surface area contributed by atoms with Gasteiger partial charge in [-0.2, -0.15) is 0 Å². The summed E-state index contributed by atoms with van der Waals surface area (Å²) in [5, 5.41) is 5.75. The van der Waals surface area contributed by atoms with Crippen molar-refractivity contribution in [1.82, 2.24) is 14.9 Å². The summed E-state index contributed by atoms with van der Waals surface area (Å²) >= 11 is 1.44. The summed E-state index contributed by atoms with van der Waals surface area (Å²) in [4.78, 5) is 29.8. The zero-order valence-electron chi connectivity index (χ0n) is 15.0. The summed E-state index contributed by atoms with van der Waals surface area (Å²) in [5.74, 6) is 0.236. The first-order chi connectivity index (χ1) is 13.5. The molecule has 2 aromatic carbocycles. The quantitative estimate of drug-likeness (QED) is 0.711. The maximum absolute atomic E-state index is 13.3. The SMILES string of the molecule is Cn1ccnc1C(NC(=O)c1ccc2c(c1)NC(=O)CS2)c1ccc(F)cc1. The molecule has 142 valence electrons. The smallest absolute Gasteiger partial charge is 0.252 e. The zero-order valence-corrected chi connectivity index (χ0v) is 15.8. The molecule has 4 rings (SSSR count). The predicted molar refractivity (Wildman–Crippen MR) is 105 cm³/mol. The fourth-order valence-corrected chi connectivity index (χ4v) is 3.83. The second-order valence-electron chi connectivity index (χ2n) is 6.40. The minimum absolute atomic E-state index is 0.0905. The molecule has 1 aromatic heterocycles. The Morgan fingerprint density at radius 3 is 2.79 bits per heavy atom. The van der Waals surface area contributed by atoms with Crippen molar-refractivity contribution in [3.8, 4) is 0 Å². The first-order valence-corrected chi connectivity index (χ1v) is 9.60. The molecule has 0 spiro atoms. The van der Waals surface area contributed by atoms with Gasteiger partial charge in [0.2, 0.25) is 5.91 Å². The number of halogens is 1. The number of fused-ring (bicyclic) bond motifs is 1. The highest BCUT2D eigenvalue weighted by molar-refractivity contribution is 8.00. The summed E-state index contributed by atoms with van der Waals surface area (Å²) < 4.78 is 15.2. The van der Waals surface area contributed by atoms with E-state index < -0.39 is 6.04 Å². The Kier molecular flexibility index (Phi) is 4.87. The molecule has 1 unspecified atom stereocenters. The maximum Gasteiger partial charge on any atom is 0.252 e. The van der Waals surface area contributed by atoms with E-state index in [1.54, 1.807) is 41.2 Å². The van der Waals surface area contributed by atoms with Gasteiger partial charge < -0.3 is 15.2 Å². The lowest BCUT2D eigenvalue weighted by atomic mass is 10.0. The van der Waals surface area contributed by atoms with Crippen LogP contribution < -0.4 is 10.6 Å². The molecule has 2 heterocycles. The van der Waals surface area contributed by atoms with E-state index in [0.717, 1.165) is 4.90 Å². The number of carbonyl (C=O) groups is 2. The molecule has 0 radical (unpaired) electrons. The van der Waals surface area contributed by atoms with Crippen LogP contribution in [0.4, 0.5) is 10.1 Å². The van der Waals surface area contributed by atoms with Crippen LogP contribution in [-0.4, -0.2) is 27.1 Å². The Morgan fingerprint density at radius 2 is 2.07 bits per heavy atom. The molecule has 3 aromatic rings. The third kappa shape index (κ3) is 3.63. The van der Waals surface area contributed by atoms with Crippen LogP contribution in [0, 0.1) is 5.82 Å². The molecule has 0 fully saturated rings. The topological polar surface area (TPSA) is 76.0 Å². The second kappa shape index (κ2) is 7.47. The molecule has 2 amide bonds. The number of anilines is 1. The number of aromatic nitrogens is 2. The number of hydrogen-bond donors (Lipinski definition) is 2. The molecule has 0 bridgehead atoms. The van der Waals surface area contributed by atoms with E-state index in [0.29, 0.717) is 28.4 Å². The van der Waals surface area contributed by atoms with Gasteiger partial charge in [-0.15, -0.1) is 11.8 Å². The van der Waals surface area contributed by atoms with Crippen LogP contribution in [0.2, 0.25) is 0 Å². The van der Waals surface area contributed by atoms with Crippen molar-refractivity contribution in [3.05, 3.63) is 77.6 Å². The van der Waals surface area contributed by atoms with Crippen molar-refractivity contribution in [3.63, 3.8) is 0 Å². The average Bonchev–Trinajstić information content (AvgIpc) is 3.11. The van der Waals surface area contributed by atoms with Crippen molar-refractivity contribution in [2.24, 2.45) is 7.05 Å². The van der Waals surface area contributed by atoms with Gasteiger partial charge in [0.05, 0.1) is 11.4 Å². The number of aryl methyl sites for hydroxylation is 1. The zero-order chi connectivity index (χ0) is 19.7. The van der Waals surface area contributed by atoms with Gasteiger partial charge in [-0.25, -0.2) is 9.37 Å². The number of hydrogen-bond acceptors (Lipinski definition) is 4. The summed E-state index contributed by atoms with van der Waals surface area (Å²) in [6.07, 6.45) is 3.42. The van der Waals surface area contributed by atoms with E-state index >= 15 is 0 Å². The first-order valence-electron chi connectivity index (χ1n) is 8.61. The number of nitrogens with zero attached hydrogens (tertiary/aromatic N) is 2. The van der Waals surface area contributed by atoms with Crippen LogP contribution in [0.1, 0.15) is 27.8 Å². The maximum atomic E-state index is 13.3. The minimum atomic E-state index is -0.548. The van der Waals surface area contributed by atoms with Crippen molar-refractivity contribution in [2.75, 3.05) is 11.1 Å². The molecular weight excluding hydrogens is 379 g/mol. The summed E-state index contributed by atoms with van der Waals surface area (Å²) in [6.45, 7) is 0. The minimum Gasteiger partial charge on any atom is -0.338 e. The molecule has 0 saturated carbocycles. The van der Waals surface area contributed by atoms with Crippen LogP contribution in [0.15, 0.2) is 59.8 Å². The Morgan fingerprint density at radius 1 is 1.29 bits per heavy atom. The lowest BCUT2D eigenvalue weighted by Crippen LogP contribution is -2.31. The molecule has 0 aliphatic carbocycles. The highest BCUT2D eigenvalue weighted by Crippen LogP contribution is 2.32. The fourth-order valence-electron chi connectivity index (χ4n) is 3.05. The Balaban J connectivity index is 1.64. The number of thioether (sulfide) groups is 1. The first kappa shape index (κ1) is 18.2. The molecular formula is C20H17FN4O2S. The van der Waals surface area contributed by atoms with Gasteiger partial charge in [0, 0.05) is 29.9 Å². The molecule has 28 heavy (non-hydrogen) atoms. The van der Waals surface area contributed by atoms with E-state index in [2.05, 4.69) is 15.6 Å². The summed E-state index contributed by atoms with van der Waals surface area (Å²) in [7, 11) is 1.83. The van der Waals surface area contributed by atoms with E-state index in [1.165, 1.54) is 23.9 Å². The van der Waals surface area contributed by atoms with Crippen LogP contribution in [0.5, 0.6) is 0 Å². The van der Waals surface area contributed by atoms with E-state index in [1.807, 2.05) is 13.1 Å². The Bertz CT molecular complexity index is 1050. The largest absolute Gasteiger partial charge is 0.338 e. The molecule has 2 N–H and O–H groups in total. The van der Waals surface area contributed by atoms with Crippen molar-refractivity contribution < 1.29 is 14.0 Å². The van der Waals surface area contributed by atoms with Gasteiger partial charge in [-0.3, -0.25) is 9.59 Å². The second-order valence-corrected chi connectivity index (χ2v) is 7.42. The standard InChI is InChI=1S/C20H17FN4O2S/c1-25-9-8-22-19(25)18(12-2-5-14(21)6-3-12)24-20(27)13-4-7-16-15(10-13)23-17(26)11-28-16/h2-10,18H,11H2,1H3,(H,23,26)(H,24,27). The average molecular weight is 396 g/mol. The number of nitrogens with one attached hydrogen (secondary N) is 2. The lowest BCUT2D eigenvalue weighted by Gasteiger charge is -2.20. The fraction of sp³-hybridized carbons (Fsp3) is 0.150. The van der Waals surface area contributed by atoms with Crippen molar-refractivity contribution in [1.29, 1.82) is 0 Å². The Labute approximate surface area is 165 Å². The number of imidazole rings is 1. The third-order valence-corrected chi connectivity index (χ3v) is 5.54. The van der Waals surface area contributed by atoms with Crippen LogP contribution in [-0.2, 0) is 11.8 Å². The normalized spacial score (nSPS) is 14.1. The highest BCUT2D eigenvalue weighted by Gasteiger charge is 2.23. The van der Waals surface area contributed by atoms with Gasteiger partial charge in [0.15, 0.2) is 0 Å². The summed E-state index contributed by atoms with van der Waals surface area (Å²) in [5.41, 5.74) is 1.76. The monoisotopic (exact) mass is 396 g/mol. The van der Waals surface area contributed by atoms with E-state index in [4.69, 9.17) is 0 Å². The number of benzene rings is 2. The van der Waals surface area contributed by atoms with E-state index in [-0.39, 0.29) is 17.6 Å².